The molecule has 1 aromatic rings. The maximum absolute atomic E-state index is 12.1. The standard InChI is InChI=1S/C84H146O44/c1-3-5-7-9-11-13-15-17-19-24-83(37-113-75-67(109)59(101)71(47(33-89)121-75)125-79-63(105)55(97)51(93)43(29-85)117-79,38-114-76-68(110)60(102)72(48(34-90)122-76)126-80-64(106)56(98)52(94)44(30-86)118-80)27-41-22-21-23-42(26-41)28-84(25-20-18-16-14-12-10-8-6-4-2,39-115-77-69(111)61(103)73(49(35-91)123-77)127-81-65(107)57(99)53(95)45(31-87)119-81)40-116-78-70(112)62(104)74(50(36-92)124-78)128-82-66(108)58(100)54(96)46(32-88)120-82/h21-23,26,43-82,85-112H,3-20,24-25,27-40H2,1-2H3/t43?,44?,45?,46?,47?,48?,49?,50?,51-,52-,53-,54-,55+,56+,57+,58+,59-,60-,61-,62-,63?,64?,65?,66?,67?,68?,69?,70?,71-,72-,73-,74-,75-,76-,77-,78-,79+,80+,81+,82+,83?,84?/m1/s1. The number of aliphatic hydroxyl groups is 28. The molecule has 8 heterocycles. The lowest BCUT2D eigenvalue weighted by Gasteiger charge is -2.47. The van der Waals surface area contributed by atoms with Crippen molar-refractivity contribution in [2.45, 2.75) is 401 Å². The van der Waals surface area contributed by atoms with Gasteiger partial charge in [-0.1, -0.05) is 154 Å². The van der Waals surface area contributed by atoms with Crippen LogP contribution >= 0.6 is 0 Å². The first kappa shape index (κ1) is 109. The molecule has 16 unspecified atom stereocenters. The molecule has 1 aromatic carbocycles. The van der Waals surface area contributed by atoms with Gasteiger partial charge in [-0.3, -0.25) is 0 Å². The van der Waals surface area contributed by atoms with Crippen molar-refractivity contribution in [1.82, 2.24) is 0 Å². The summed E-state index contributed by atoms with van der Waals surface area (Å²) in [6.07, 6.45) is -58.9. The number of benzene rings is 1. The predicted molar refractivity (Wildman–Crippen MR) is 432 cm³/mol. The minimum Gasteiger partial charge on any atom is -0.394 e. The van der Waals surface area contributed by atoms with Crippen LogP contribution in [0.4, 0.5) is 0 Å². The first-order valence-corrected chi connectivity index (χ1v) is 45.2. The third-order valence-electron chi connectivity index (χ3n) is 25.8. The summed E-state index contributed by atoms with van der Waals surface area (Å²) in [4.78, 5) is 0. The number of hydrogen-bond donors (Lipinski definition) is 28. The number of aliphatic hydroxyl groups excluding tert-OH is 28. The van der Waals surface area contributed by atoms with Gasteiger partial charge in [0.25, 0.3) is 0 Å². The van der Waals surface area contributed by atoms with Gasteiger partial charge in [0.05, 0.1) is 79.3 Å². The van der Waals surface area contributed by atoms with Crippen LogP contribution in [0.5, 0.6) is 0 Å². The van der Waals surface area contributed by atoms with Crippen LogP contribution < -0.4 is 0 Å². The molecule has 9 rings (SSSR count). The van der Waals surface area contributed by atoms with Crippen molar-refractivity contribution in [2.24, 2.45) is 10.8 Å². The fourth-order valence-electron chi connectivity index (χ4n) is 17.9. The number of hydrogen-bond acceptors (Lipinski definition) is 44. The Morgan fingerprint density at radius 3 is 0.641 bits per heavy atom. The summed E-state index contributed by atoms with van der Waals surface area (Å²) >= 11 is 0. The smallest absolute Gasteiger partial charge is 0.187 e. The highest BCUT2D eigenvalue weighted by Gasteiger charge is 2.58. The van der Waals surface area contributed by atoms with Gasteiger partial charge in [-0.25, -0.2) is 0 Å². The molecule has 40 atom stereocenters. The third-order valence-corrected chi connectivity index (χ3v) is 25.8. The lowest BCUT2D eigenvalue weighted by Crippen LogP contribution is -2.65. The summed E-state index contributed by atoms with van der Waals surface area (Å²) in [5, 5.41) is 309. The molecule has 44 nitrogen and oxygen atoms in total. The molecule has 0 amide bonds. The predicted octanol–water partition coefficient (Wildman–Crippen LogP) is -8.85. The molecule has 0 bridgehead atoms. The Balaban J connectivity index is 1.10. The molecule has 8 saturated heterocycles. The molecule has 8 fully saturated rings. The lowest BCUT2D eigenvalue weighted by atomic mass is 9.76. The van der Waals surface area contributed by atoms with Gasteiger partial charge in [-0.2, -0.15) is 0 Å². The van der Waals surface area contributed by atoms with E-state index in [1.807, 2.05) is 0 Å². The van der Waals surface area contributed by atoms with E-state index in [1.54, 1.807) is 24.3 Å². The van der Waals surface area contributed by atoms with Crippen molar-refractivity contribution in [3.05, 3.63) is 35.4 Å². The third kappa shape index (κ3) is 27.9. The Labute approximate surface area is 742 Å². The molecule has 0 aliphatic carbocycles. The number of rotatable bonds is 52. The fourth-order valence-corrected chi connectivity index (χ4v) is 17.9. The highest BCUT2D eigenvalue weighted by molar-refractivity contribution is 5.26. The van der Waals surface area contributed by atoms with Crippen molar-refractivity contribution in [1.29, 1.82) is 0 Å². The second-order valence-corrected chi connectivity index (χ2v) is 35.6. The van der Waals surface area contributed by atoms with Crippen LogP contribution in [0.3, 0.4) is 0 Å². The average molecular weight is 1860 g/mol. The molecule has 8 aliphatic rings. The molecule has 44 heteroatoms. The monoisotopic (exact) mass is 1860 g/mol. The van der Waals surface area contributed by atoms with E-state index in [1.165, 1.54) is 0 Å². The average Bonchev–Trinajstić information content (AvgIpc) is 0.790. The van der Waals surface area contributed by atoms with Crippen LogP contribution in [0.25, 0.3) is 0 Å². The minimum absolute atomic E-state index is 0.116. The fraction of sp³-hybridized carbons (Fsp3) is 0.929. The van der Waals surface area contributed by atoms with Crippen LogP contribution in [0.1, 0.15) is 153 Å². The van der Waals surface area contributed by atoms with Crippen LogP contribution in [-0.4, -0.2) is 468 Å². The van der Waals surface area contributed by atoms with E-state index in [2.05, 4.69) is 13.8 Å². The van der Waals surface area contributed by atoms with Crippen molar-refractivity contribution in [3.8, 4) is 0 Å². The molecular weight excluding hydrogens is 1710 g/mol. The highest BCUT2D eigenvalue weighted by atomic mass is 16.8. The van der Waals surface area contributed by atoms with Crippen molar-refractivity contribution in [2.75, 3.05) is 79.3 Å². The van der Waals surface area contributed by atoms with Crippen LogP contribution in [0, 0.1) is 10.8 Å². The van der Waals surface area contributed by atoms with Crippen molar-refractivity contribution < 1.29 is 219 Å². The van der Waals surface area contributed by atoms with Gasteiger partial charge in [-0.15, -0.1) is 0 Å². The van der Waals surface area contributed by atoms with E-state index in [-0.39, 0.29) is 25.7 Å². The molecular formula is C84H146O44. The Morgan fingerprint density at radius 2 is 0.430 bits per heavy atom. The topological polar surface area (TPSA) is 714 Å². The van der Waals surface area contributed by atoms with E-state index in [0.717, 1.165) is 89.9 Å². The summed E-state index contributed by atoms with van der Waals surface area (Å²) in [5.41, 5.74) is -1.97. The molecule has 28 N–H and O–H groups in total. The highest BCUT2D eigenvalue weighted by Crippen LogP contribution is 2.42. The molecule has 0 saturated carbocycles. The summed E-state index contributed by atoms with van der Waals surface area (Å²) in [6, 6.07) is 6.94. The quantitative estimate of drug-likeness (QED) is 0.0269. The van der Waals surface area contributed by atoms with Gasteiger partial charge in [0.1, 0.15) is 195 Å². The molecule has 128 heavy (non-hydrogen) atoms. The maximum Gasteiger partial charge on any atom is 0.187 e. The van der Waals surface area contributed by atoms with Crippen molar-refractivity contribution >= 4 is 0 Å². The van der Waals surface area contributed by atoms with E-state index >= 15 is 0 Å². The molecule has 746 valence electrons. The second kappa shape index (κ2) is 52.9. The van der Waals surface area contributed by atoms with Gasteiger partial charge in [0.15, 0.2) is 50.3 Å². The van der Waals surface area contributed by atoms with Gasteiger partial charge in [-0.05, 0) is 36.8 Å². The van der Waals surface area contributed by atoms with E-state index in [9.17, 15) is 143 Å². The van der Waals surface area contributed by atoms with Crippen LogP contribution in [0.2, 0.25) is 0 Å². The zero-order valence-electron chi connectivity index (χ0n) is 72.5. The number of unbranched alkanes of at least 4 members (excludes halogenated alkanes) is 16. The van der Waals surface area contributed by atoms with Crippen molar-refractivity contribution in [3.63, 3.8) is 0 Å². The van der Waals surface area contributed by atoms with E-state index in [0.29, 0.717) is 36.8 Å². The van der Waals surface area contributed by atoms with E-state index < -0.39 is 336 Å². The maximum atomic E-state index is 12.1. The molecule has 0 radical (unpaired) electrons. The summed E-state index contributed by atoms with van der Waals surface area (Å²) < 4.78 is 96.8. The Hall–Kier alpha value is -2.54. The Bertz CT molecular complexity index is 2860. The van der Waals surface area contributed by atoms with Gasteiger partial charge in [0.2, 0.25) is 0 Å². The Morgan fingerprint density at radius 1 is 0.234 bits per heavy atom. The first-order valence-electron chi connectivity index (χ1n) is 45.2. The van der Waals surface area contributed by atoms with Gasteiger partial charge >= 0.3 is 0 Å². The summed E-state index contributed by atoms with van der Waals surface area (Å²) in [7, 11) is 0. The normalized spacial score (nSPS) is 41.9. The minimum atomic E-state index is -2.08. The van der Waals surface area contributed by atoms with Crippen LogP contribution in [-0.2, 0) is 88.6 Å². The molecule has 0 aromatic heterocycles. The SMILES string of the molecule is CCCCCCCCCCCC(CO[C@@H]1OC(CO)[C@@H](O[C@@H]2OC(CO)[C@@H](O)[C@H](O)C2O)[C@H](O)C1O)(CO[C@@H]1OC(CO)[C@@H](O[C@@H]2OC(CO)[C@@H](O)[C@H](O)C2O)[C@H](O)C1O)Cc1cccc(CC(CCCCCCCCCCC)(CO[C@@H]2OC(CO)[C@@H](O[C@@H]3OC(CO)[C@@H](O)[C@H](O)C3O)[C@H](O)C2O)CO[C@@H]2OC(CO)[C@@H](O[C@@H]3OC(CO)[C@@H](O)[C@H](O)C3O)[C@H](O)C2O)c1. The van der Waals surface area contributed by atoms with Gasteiger partial charge in [0, 0.05) is 10.8 Å². The van der Waals surface area contributed by atoms with Gasteiger partial charge < -0.3 is 219 Å². The largest absolute Gasteiger partial charge is 0.394 e. The Kier molecular flexibility index (Phi) is 45.1. The zero-order chi connectivity index (χ0) is 93.4. The van der Waals surface area contributed by atoms with Crippen LogP contribution in [0.15, 0.2) is 24.3 Å². The molecule has 0 spiro atoms. The lowest BCUT2D eigenvalue weighted by molar-refractivity contribution is -0.365. The molecule has 8 aliphatic heterocycles. The summed E-state index contributed by atoms with van der Waals surface area (Å²) in [5.74, 6) is 0. The summed E-state index contributed by atoms with van der Waals surface area (Å²) in [6.45, 7) is -5.19. The number of ether oxygens (including phenoxy) is 16. The first-order chi connectivity index (χ1) is 61.3. The van der Waals surface area contributed by atoms with E-state index in [4.69, 9.17) is 75.8 Å². The zero-order valence-corrected chi connectivity index (χ0v) is 72.5. The second-order valence-electron chi connectivity index (χ2n) is 35.6.